The van der Waals surface area contributed by atoms with Crippen molar-refractivity contribution in [3.05, 3.63) is 17.8 Å². The Morgan fingerprint density at radius 1 is 1.40 bits per heavy atom. The zero-order valence-corrected chi connectivity index (χ0v) is 11.4. The molecule has 3 rings (SSSR count). The van der Waals surface area contributed by atoms with E-state index in [-0.39, 0.29) is 5.92 Å². The number of aromatic nitrogens is 3. The van der Waals surface area contributed by atoms with Crippen LogP contribution in [0.2, 0.25) is 0 Å². The van der Waals surface area contributed by atoms with Crippen molar-refractivity contribution in [3.63, 3.8) is 0 Å². The minimum Gasteiger partial charge on any atom is -0.369 e. The molecule has 1 radical (unpaired) electrons. The van der Waals surface area contributed by atoms with Crippen molar-refractivity contribution in [1.29, 1.82) is 5.26 Å². The predicted molar refractivity (Wildman–Crippen MR) is 71.0 cm³/mol. The third-order valence-corrected chi connectivity index (χ3v) is 4.42. The summed E-state index contributed by atoms with van der Waals surface area (Å²) in [6.07, 6.45) is 8.72. The average molecular weight is 272 g/mol. The number of carbonyl (C=O) groups excluding carboxylic acids is 1. The Hall–Kier alpha value is -1.90. The molecule has 0 saturated heterocycles. The number of nitrogens with zero attached hydrogens (tertiary/aromatic N) is 4. The molecule has 0 spiro atoms. The second-order valence-corrected chi connectivity index (χ2v) is 5.80. The van der Waals surface area contributed by atoms with Crippen LogP contribution in [0, 0.1) is 23.2 Å². The van der Waals surface area contributed by atoms with Crippen LogP contribution in [0.3, 0.4) is 0 Å². The van der Waals surface area contributed by atoms with Crippen LogP contribution in [0.5, 0.6) is 0 Å². The molecular weight excluding hydrogens is 254 g/mol. The van der Waals surface area contributed by atoms with Crippen LogP contribution in [0.4, 0.5) is 0 Å². The van der Waals surface area contributed by atoms with Gasteiger partial charge in [0.25, 0.3) is 0 Å². The van der Waals surface area contributed by atoms with E-state index < -0.39 is 11.4 Å². The van der Waals surface area contributed by atoms with Crippen molar-refractivity contribution < 1.29 is 4.79 Å². The van der Waals surface area contributed by atoms with Gasteiger partial charge in [-0.15, -0.1) is 5.10 Å². The predicted octanol–water partition coefficient (Wildman–Crippen LogP) is 1.28. The number of primary amides is 1. The van der Waals surface area contributed by atoms with Gasteiger partial charge >= 0.3 is 0 Å². The number of nitriles is 1. The second-order valence-electron chi connectivity index (χ2n) is 5.80. The van der Waals surface area contributed by atoms with Gasteiger partial charge in [-0.05, 0) is 31.6 Å². The summed E-state index contributed by atoms with van der Waals surface area (Å²) in [5, 5.41) is 17.3. The number of carbonyl (C=O) groups is 1. The first kappa shape index (κ1) is 13.1. The van der Waals surface area contributed by atoms with E-state index in [1.54, 1.807) is 10.9 Å². The van der Waals surface area contributed by atoms with E-state index in [9.17, 15) is 10.1 Å². The highest BCUT2D eigenvalue weighted by Crippen LogP contribution is 2.43. The maximum atomic E-state index is 11.8. The van der Waals surface area contributed by atoms with Gasteiger partial charge in [0.15, 0.2) is 5.54 Å². The first-order valence-electron chi connectivity index (χ1n) is 7.17. The summed E-state index contributed by atoms with van der Waals surface area (Å²) < 4.78 is 1.59. The molecule has 0 bridgehead atoms. The molecule has 105 valence electrons. The number of rotatable bonds is 4. The molecule has 2 aliphatic carbocycles. The van der Waals surface area contributed by atoms with Gasteiger partial charge in [0.2, 0.25) is 5.91 Å². The number of hydrogen-bond donors (Lipinski definition) is 1. The van der Waals surface area contributed by atoms with Gasteiger partial charge in [0.05, 0.1) is 12.3 Å². The topological polar surface area (TPSA) is 97.6 Å². The van der Waals surface area contributed by atoms with Crippen LogP contribution in [-0.4, -0.2) is 20.9 Å². The Balaban J connectivity index is 1.85. The smallest absolute Gasteiger partial charge is 0.231 e. The zero-order valence-electron chi connectivity index (χ0n) is 11.4. The standard InChI is InChI=1S/C14H18N5O/c15-9-14(6-7-14)19-8-11(17-18-19)12(13(16)20)10-4-2-1-3-5-10/h8,10H,1-7H2,(H2,16,20). The first-order valence-corrected chi connectivity index (χ1v) is 7.17. The summed E-state index contributed by atoms with van der Waals surface area (Å²) in [5.74, 6) is 0.360. The monoisotopic (exact) mass is 272 g/mol. The van der Waals surface area contributed by atoms with Crippen molar-refractivity contribution >= 4 is 5.91 Å². The summed E-state index contributed by atoms with van der Waals surface area (Å²) in [4.78, 5) is 11.8. The average Bonchev–Trinajstić information content (AvgIpc) is 3.12. The summed E-state index contributed by atoms with van der Waals surface area (Å²) in [5.41, 5.74) is 5.55. The van der Waals surface area contributed by atoms with Gasteiger partial charge in [0, 0.05) is 0 Å². The van der Waals surface area contributed by atoms with E-state index in [4.69, 9.17) is 5.73 Å². The first-order chi connectivity index (χ1) is 9.66. The highest BCUT2D eigenvalue weighted by Gasteiger charge is 2.47. The summed E-state index contributed by atoms with van der Waals surface area (Å²) in [6.45, 7) is 0. The third-order valence-electron chi connectivity index (χ3n) is 4.42. The van der Waals surface area contributed by atoms with Crippen LogP contribution < -0.4 is 5.73 Å². The molecule has 6 heteroatoms. The van der Waals surface area contributed by atoms with E-state index in [1.807, 2.05) is 0 Å². The lowest BCUT2D eigenvalue weighted by Crippen LogP contribution is -2.30. The molecule has 1 aromatic rings. The molecule has 0 aromatic carbocycles. The van der Waals surface area contributed by atoms with E-state index in [2.05, 4.69) is 16.4 Å². The number of amides is 1. The number of hydrogen-bond acceptors (Lipinski definition) is 4. The maximum absolute atomic E-state index is 11.8. The third kappa shape index (κ3) is 2.17. The van der Waals surface area contributed by atoms with Gasteiger partial charge < -0.3 is 5.73 Å². The fraction of sp³-hybridized carbons (Fsp3) is 0.643. The molecular formula is C14H18N5O. The van der Waals surface area contributed by atoms with Crippen molar-refractivity contribution in [2.45, 2.75) is 50.5 Å². The van der Waals surface area contributed by atoms with Crippen LogP contribution >= 0.6 is 0 Å². The molecule has 0 atom stereocenters. The van der Waals surface area contributed by atoms with Gasteiger partial charge in [-0.25, -0.2) is 4.68 Å². The molecule has 20 heavy (non-hydrogen) atoms. The molecule has 1 amide bonds. The SMILES string of the molecule is N#CC1(n2cc([C](C(N)=O)C3CCCCC3)nn2)CC1. The van der Waals surface area contributed by atoms with Crippen molar-refractivity contribution in [2.24, 2.45) is 11.7 Å². The Labute approximate surface area is 117 Å². The lowest BCUT2D eigenvalue weighted by atomic mass is 9.78. The van der Waals surface area contributed by atoms with Gasteiger partial charge in [-0.2, -0.15) is 5.26 Å². The normalized spacial score (nSPS) is 21.6. The largest absolute Gasteiger partial charge is 0.369 e. The molecule has 2 N–H and O–H groups in total. The van der Waals surface area contributed by atoms with Crippen LogP contribution in [0.25, 0.3) is 0 Å². The van der Waals surface area contributed by atoms with E-state index in [1.165, 1.54) is 6.42 Å². The zero-order chi connectivity index (χ0) is 14.2. The fourth-order valence-corrected chi connectivity index (χ4v) is 3.03. The molecule has 1 heterocycles. The van der Waals surface area contributed by atoms with Crippen LogP contribution in [0.15, 0.2) is 6.20 Å². The Bertz CT molecular complexity index is 548. The van der Waals surface area contributed by atoms with Crippen molar-refractivity contribution in [3.8, 4) is 6.07 Å². The maximum Gasteiger partial charge on any atom is 0.231 e. The quantitative estimate of drug-likeness (QED) is 0.892. The van der Waals surface area contributed by atoms with Crippen molar-refractivity contribution in [1.82, 2.24) is 15.0 Å². The molecule has 0 aliphatic heterocycles. The molecule has 2 saturated carbocycles. The van der Waals surface area contributed by atoms with Crippen LogP contribution in [-0.2, 0) is 10.3 Å². The minimum atomic E-state index is -0.541. The van der Waals surface area contributed by atoms with Gasteiger partial charge in [0.1, 0.15) is 11.6 Å². The van der Waals surface area contributed by atoms with E-state index >= 15 is 0 Å². The van der Waals surface area contributed by atoms with E-state index in [0.717, 1.165) is 38.5 Å². The summed E-state index contributed by atoms with van der Waals surface area (Å²) >= 11 is 0. The minimum absolute atomic E-state index is 0.184. The summed E-state index contributed by atoms with van der Waals surface area (Å²) in [6, 6.07) is 2.26. The van der Waals surface area contributed by atoms with Gasteiger partial charge in [-0.1, -0.05) is 24.5 Å². The molecule has 6 nitrogen and oxygen atoms in total. The van der Waals surface area contributed by atoms with Crippen molar-refractivity contribution in [2.75, 3.05) is 0 Å². The van der Waals surface area contributed by atoms with Crippen LogP contribution in [0.1, 0.15) is 50.6 Å². The van der Waals surface area contributed by atoms with E-state index in [0.29, 0.717) is 11.6 Å². The number of nitrogens with two attached hydrogens (primary N) is 1. The van der Waals surface area contributed by atoms with Gasteiger partial charge in [-0.3, -0.25) is 4.79 Å². The fourth-order valence-electron chi connectivity index (χ4n) is 3.03. The Kier molecular flexibility index (Phi) is 3.20. The highest BCUT2D eigenvalue weighted by atomic mass is 16.1. The summed E-state index contributed by atoms with van der Waals surface area (Å²) in [7, 11) is 0. The lowest BCUT2D eigenvalue weighted by Gasteiger charge is -2.25. The molecule has 2 aliphatic rings. The highest BCUT2D eigenvalue weighted by molar-refractivity contribution is 5.92. The molecule has 2 fully saturated rings. The molecule has 1 aromatic heterocycles. The Morgan fingerprint density at radius 3 is 2.65 bits per heavy atom. The Morgan fingerprint density at radius 2 is 2.10 bits per heavy atom. The molecule has 0 unspecified atom stereocenters. The second kappa shape index (κ2) is 4.89. The lowest BCUT2D eigenvalue weighted by molar-refractivity contribution is -0.116.